The van der Waals surface area contributed by atoms with Crippen LogP contribution < -0.4 is 11.1 Å². The van der Waals surface area contributed by atoms with Crippen LogP contribution in [0.5, 0.6) is 0 Å². The van der Waals surface area contributed by atoms with Gasteiger partial charge in [-0.2, -0.15) is 5.10 Å². The number of likely N-dealkylation sites (N-methyl/N-ethyl adjacent to an activating group) is 1. The van der Waals surface area contributed by atoms with Crippen LogP contribution in [0, 0.1) is 0 Å². The van der Waals surface area contributed by atoms with Crippen LogP contribution in [-0.4, -0.2) is 28.3 Å². The molecule has 0 aliphatic heterocycles. The lowest BCUT2D eigenvalue weighted by molar-refractivity contribution is -0.124. The number of hydrogen-bond acceptors (Lipinski definition) is 3. The number of aryl methyl sites for hydroxylation is 1. The number of halogens is 1. The van der Waals surface area contributed by atoms with Gasteiger partial charge in [0.1, 0.15) is 0 Å². The molecule has 1 aromatic rings. The second kappa shape index (κ2) is 4.63. The standard InChI is InChI=1S/C9H15ClN4O/c1-9(12-2,8(11)15)3-4-14-6-7(10)5-13-14/h5-6,12H,3-4H2,1-2H3,(H2,11,15). The van der Waals surface area contributed by atoms with Gasteiger partial charge in [0.25, 0.3) is 0 Å². The van der Waals surface area contributed by atoms with E-state index in [1.807, 2.05) is 0 Å². The molecule has 1 rings (SSSR count). The average molecular weight is 231 g/mol. The lowest BCUT2D eigenvalue weighted by atomic mass is 9.97. The third-order valence-electron chi connectivity index (χ3n) is 2.54. The summed E-state index contributed by atoms with van der Waals surface area (Å²) in [6.45, 7) is 2.35. The molecule has 6 heteroatoms. The van der Waals surface area contributed by atoms with Crippen LogP contribution in [-0.2, 0) is 11.3 Å². The van der Waals surface area contributed by atoms with Gasteiger partial charge in [-0.1, -0.05) is 11.6 Å². The average Bonchev–Trinajstić information content (AvgIpc) is 2.60. The minimum absolute atomic E-state index is 0.372. The van der Waals surface area contributed by atoms with Crippen molar-refractivity contribution in [2.24, 2.45) is 5.73 Å². The number of nitrogens with one attached hydrogen (secondary N) is 1. The van der Waals surface area contributed by atoms with Crippen molar-refractivity contribution in [1.29, 1.82) is 0 Å². The molecule has 0 saturated carbocycles. The van der Waals surface area contributed by atoms with E-state index in [2.05, 4.69) is 10.4 Å². The van der Waals surface area contributed by atoms with E-state index in [0.717, 1.165) is 0 Å². The molecule has 5 nitrogen and oxygen atoms in total. The molecular formula is C9H15ClN4O. The highest BCUT2D eigenvalue weighted by atomic mass is 35.5. The summed E-state index contributed by atoms with van der Waals surface area (Å²) in [4.78, 5) is 11.2. The molecule has 0 aromatic carbocycles. The first-order valence-corrected chi connectivity index (χ1v) is 5.02. The van der Waals surface area contributed by atoms with Gasteiger partial charge in [-0.3, -0.25) is 9.48 Å². The Morgan fingerprint density at radius 3 is 2.87 bits per heavy atom. The largest absolute Gasteiger partial charge is 0.368 e. The number of aromatic nitrogens is 2. The van der Waals surface area contributed by atoms with Crippen LogP contribution in [0.25, 0.3) is 0 Å². The van der Waals surface area contributed by atoms with E-state index in [9.17, 15) is 4.79 Å². The van der Waals surface area contributed by atoms with Crippen molar-refractivity contribution in [3.63, 3.8) is 0 Å². The molecule has 1 aromatic heterocycles. The summed E-state index contributed by atoms with van der Waals surface area (Å²) in [6.07, 6.45) is 3.83. The predicted octanol–water partition coefficient (Wildman–Crippen LogP) is 0.390. The van der Waals surface area contributed by atoms with Crippen molar-refractivity contribution in [2.45, 2.75) is 25.4 Å². The maximum Gasteiger partial charge on any atom is 0.237 e. The van der Waals surface area contributed by atoms with E-state index in [1.54, 1.807) is 31.0 Å². The molecule has 0 fully saturated rings. The number of primary amides is 1. The molecule has 0 spiro atoms. The molecule has 0 radical (unpaired) electrons. The van der Waals surface area contributed by atoms with E-state index >= 15 is 0 Å². The molecule has 3 N–H and O–H groups in total. The maximum atomic E-state index is 11.2. The zero-order chi connectivity index (χ0) is 11.5. The van der Waals surface area contributed by atoms with Crippen molar-refractivity contribution in [2.75, 3.05) is 7.05 Å². The summed E-state index contributed by atoms with van der Waals surface area (Å²) in [6, 6.07) is 0. The maximum absolute atomic E-state index is 11.2. The molecule has 15 heavy (non-hydrogen) atoms. The van der Waals surface area contributed by atoms with Crippen LogP contribution in [0.1, 0.15) is 13.3 Å². The van der Waals surface area contributed by atoms with E-state index < -0.39 is 5.54 Å². The zero-order valence-electron chi connectivity index (χ0n) is 8.83. The molecule has 0 aliphatic carbocycles. The van der Waals surface area contributed by atoms with Crippen LogP contribution in [0.4, 0.5) is 0 Å². The monoisotopic (exact) mass is 230 g/mol. The van der Waals surface area contributed by atoms with Crippen molar-refractivity contribution in [3.8, 4) is 0 Å². The highest BCUT2D eigenvalue weighted by Gasteiger charge is 2.28. The van der Waals surface area contributed by atoms with Crippen molar-refractivity contribution in [3.05, 3.63) is 17.4 Å². The first-order valence-electron chi connectivity index (χ1n) is 4.65. The first-order chi connectivity index (χ1) is 6.98. The van der Waals surface area contributed by atoms with E-state index in [1.165, 1.54) is 0 Å². The first kappa shape index (κ1) is 12.0. The van der Waals surface area contributed by atoms with Crippen LogP contribution in [0.3, 0.4) is 0 Å². The quantitative estimate of drug-likeness (QED) is 0.769. The molecule has 0 saturated heterocycles. The molecule has 0 aliphatic rings. The van der Waals surface area contributed by atoms with Crippen LogP contribution in [0.2, 0.25) is 5.02 Å². The second-order valence-corrected chi connectivity index (χ2v) is 4.05. The minimum atomic E-state index is -0.710. The number of nitrogens with zero attached hydrogens (tertiary/aromatic N) is 2. The van der Waals surface area contributed by atoms with E-state index in [-0.39, 0.29) is 5.91 Å². The fourth-order valence-electron chi connectivity index (χ4n) is 1.17. The lowest BCUT2D eigenvalue weighted by Crippen LogP contribution is -2.52. The van der Waals surface area contributed by atoms with Gasteiger partial charge in [-0.05, 0) is 20.4 Å². The van der Waals surface area contributed by atoms with Gasteiger partial charge in [-0.15, -0.1) is 0 Å². The highest BCUT2D eigenvalue weighted by molar-refractivity contribution is 6.30. The van der Waals surface area contributed by atoms with Gasteiger partial charge in [0.05, 0.1) is 16.8 Å². The van der Waals surface area contributed by atoms with Crippen LogP contribution >= 0.6 is 11.6 Å². The number of carbonyl (C=O) groups excluding carboxylic acids is 1. The Morgan fingerprint density at radius 1 is 1.80 bits per heavy atom. The zero-order valence-corrected chi connectivity index (χ0v) is 9.58. The van der Waals surface area contributed by atoms with Crippen molar-refractivity contribution >= 4 is 17.5 Å². The van der Waals surface area contributed by atoms with Crippen molar-refractivity contribution in [1.82, 2.24) is 15.1 Å². The third-order valence-corrected chi connectivity index (χ3v) is 2.73. The summed E-state index contributed by atoms with van der Waals surface area (Å²) < 4.78 is 1.68. The third kappa shape index (κ3) is 2.94. The van der Waals surface area contributed by atoms with Gasteiger partial charge in [0.2, 0.25) is 5.91 Å². The predicted molar refractivity (Wildman–Crippen MR) is 58.5 cm³/mol. The number of amides is 1. The SMILES string of the molecule is CNC(C)(CCn1cc(Cl)cn1)C(N)=O. The number of nitrogens with two attached hydrogens (primary N) is 1. The van der Waals surface area contributed by atoms with Gasteiger partial charge >= 0.3 is 0 Å². The van der Waals surface area contributed by atoms with Crippen LogP contribution in [0.15, 0.2) is 12.4 Å². The topological polar surface area (TPSA) is 72.9 Å². The van der Waals surface area contributed by atoms with Gasteiger partial charge in [-0.25, -0.2) is 0 Å². The summed E-state index contributed by atoms with van der Waals surface area (Å²) in [5, 5.41) is 7.51. The molecule has 84 valence electrons. The highest BCUT2D eigenvalue weighted by Crippen LogP contribution is 2.11. The lowest BCUT2D eigenvalue weighted by Gasteiger charge is -2.25. The number of carbonyl (C=O) groups is 1. The number of hydrogen-bond donors (Lipinski definition) is 2. The Morgan fingerprint density at radius 2 is 2.47 bits per heavy atom. The fraction of sp³-hybridized carbons (Fsp3) is 0.556. The Hall–Kier alpha value is -1.07. The Kier molecular flexibility index (Phi) is 3.71. The summed E-state index contributed by atoms with van der Waals surface area (Å²) in [5.74, 6) is -0.372. The van der Waals surface area contributed by atoms with Gasteiger partial charge < -0.3 is 11.1 Å². The van der Waals surface area contributed by atoms with Crippen molar-refractivity contribution < 1.29 is 4.79 Å². The Labute approximate surface area is 93.6 Å². The molecule has 1 amide bonds. The molecule has 0 bridgehead atoms. The normalized spacial score (nSPS) is 14.9. The summed E-state index contributed by atoms with van der Waals surface area (Å²) in [5.41, 5.74) is 4.58. The summed E-state index contributed by atoms with van der Waals surface area (Å²) in [7, 11) is 1.71. The number of rotatable bonds is 5. The van der Waals surface area contributed by atoms with E-state index in [4.69, 9.17) is 17.3 Å². The molecule has 1 heterocycles. The Bertz CT molecular complexity index is 352. The van der Waals surface area contributed by atoms with E-state index in [0.29, 0.717) is 18.0 Å². The van der Waals surface area contributed by atoms with Gasteiger partial charge in [0.15, 0.2) is 0 Å². The molecular weight excluding hydrogens is 216 g/mol. The Balaban J connectivity index is 2.59. The molecule has 1 atom stereocenters. The molecule has 1 unspecified atom stereocenters. The minimum Gasteiger partial charge on any atom is -0.368 e. The fourth-order valence-corrected chi connectivity index (χ4v) is 1.33. The summed E-state index contributed by atoms with van der Waals surface area (Å²) >= 11 is 5.72. The smallest absolute Gasteiger partial charge is 0.237 e. The van der Waals surface area contributed by atoms with Gasteiger partial charge in [0, 0.05) is 12.7 Å². The second-order valence-electron chi connectivity index (χ2n) is 3.62.